The van der Waals surface area contributed by atoms with Crippen LogP contribution >= 0.6 is 0 Å². The molecule has 0 spiro atoms. The monoisotopic (exact) mass is 434 g/mol. The van der Waals surface area contributed by atoms with Crippen molar-refractivity contribution in [1.29, 1.82) is 0 Å². The summed E-state index contributed by atoms with van der Waals surface area (Å²) in [4.78, 5) is 28.3. The highest BCUT2D eigenvalue weighted by Gasteiger charge is 2.30. The van der Waals surface area contributed by atoms with Crippen molar-refractivity contribution in [2.75, 3.05) is 6.54 Å². The first-order chi connectivity index (χ1) is 15.5. The number of nitrogens with zero attached hydrogens (tertiary/aromatic N) is 5. The van der Waals surface area contributed by atoms with Gasteiger partial charge in [0.15, 0.2) is 0 Å². The molecule has 1 aromatic carbocycles. The molecule has 1 N–H and O–H groups in total. The number of rotatable bonds is 8. The summed E-state index contributed by atoms with van der Waals surface area (Å²) in [5, 5.41) is 3.07. The first kappa shape index (κ1) is 22.0. The minimum absolute atomic E-state index is 0.0442. The van der Waals surface area contributed by atoms with E-state index in [0.29, 0.717) is 12.5 Å². The largest absolute Gasteiger partial charge is 0.491 e. The van der Waals surface area contributed by atoms with E-state index in [4.69, 9.17) is 4.74 Å². The van der Waals surface area contributed by atoms with Crippen molar-refractivity contribution in [2.45, 2.75) is 58.8 Å². The van der Waals surface area contributed by atoms with Gasteiger partial charge < -0.3 is 10.1 Å². The third-order valence-corrected chi connectivity index (χ3v) is 5.42. The lowest BCUT2D eigenvalue weighted by Gasteiger charge is -2.24. The normalized spacial score (nSPS) is 16.4. The molecule has 2 aromatic heterocycles. The summed E-state index contributed by atoms with van der Waals surface area (Å²) in [6.07, 6.45) is 7.19. The fourth-order valence-electron chi connectivity index (χ4n) is 3.99. The summed E-state index contributed by atoms with van der Waals surface area (Å²) < 4.78 is 7.48. The topological polar surface area (TPSA) is 85.2 Å². The van der Waals surface area contributed by atoms with Gasteiger partial charge in [-0.05, 0) is 63.9 Å². The number of amides is 1. The number of imidazole rings is 1. The molecule has 1 unspecified atom stereocenters. The molecular weight excluding hydrogens is 404 g/mol. The summed E-state index contributed by atoms with van der Waals surface area (Å²) in [6.45, 7) is 7.99. The van der Waals surface area contributed by atoms with Crippen LogP contribution in [0.3, 0.4) is 0 Å². The Morgan fingerprint density at radius 2 is 2.06 bits per heavy atom. The average molecular weight is 435 g/mol. The van der Waals surface area contributed by atoms with E-state index in [9.17, 15) is 4.79 Å². The molecular formula is C24H30N6O2. The van der Waals surface area contributed by atoms with Crippen LogP contribution in [-0.4, -0.2) is 49.0 Å². The highest BCUT2D eigenvalue weighted by molar-refractivity contribution is 5.82. The van der Waals surface area contributed by atoms with Gasteiger partial charge in [-0.25, -0.2) is 15.0 Å². The van der Waals surface area contributed by atoms with Crippen molar-refractivity contribution in [1.82, 2.24) is 29.7 Å². The molecule has 1 aliphatic rings. The molecule has 1 fully saturated rings. The first-order valence-electron chi connectivity index (χ1n) is 11.1. The molecule has 32 heavy (non-hydrogen) atoms. The van der Waals surface area contributed by atoms with Gasteiger partial charge in [0.2, 0.25) is 11.9 Å². The van der Waals surface area contributed by atoms with Crippen molar-refractivity contribution in [3.63, 3.8) is 0 Å². The van der Waals surface area contributed by atoms with Crippen molar-refractivity contribution < 1.29 is 9.53 Å². The molecule has 0 radical (unpaired) electrons. The number of nitrogens with one attached hydrogen (secondary N) is 1. The molecule has 0 bridgehead atoms. The molecule has 1 amide bonds. The molecule has 4 rings (SSSR count). The number of hydrogen-bond acceptors (Lipinski definition) is 6. The van der Waals surface area contributed by atoms with Crippen molar-refractivity contribution in [2.24, 2.45) is 0 Å². The number of aryl methyl sites for hydroxylation is 1. The Morgan fingerprint density at radius 1 is 1.25 bits per heavy atom. The van der Waals surface area contributed by atoms with Gasteiger partial charge in [0.25, 0.3) is 0 Å². The summed E-state index contributed by atoms with van der Waals surface area (Å²) in [7, 11) is 0. The number of carbonyl (C=O) groups excluding carboxylic acids is 1. The van der Waals surface area contributed by atoms with Gasteiger partial charge in [0.1, 0.15) is 12.1 Å². The lowest BCUT2D eigenvalue weighted by Crippen LogP contribution is -2.42. The summed E-state index contributed by atoms with van der Waals surface area (Å²) in [6, 6.07) is 9.91. The van der Waals surface area contributed by atoms with Crippen LogP contribution in [0.15, 0.2) is 49.1 Å². The third kappa shape index (κ3) is 5.50. The fourth-order valence-corrected chi connectivity index (χ4v) is 3.99. The Balaban J connectivity index is 1.36. The van der Waals surface area contributed by atoms with Gasteiger partial charge in [0, 0.05) is 24.6 Å². The quantitative estimate of drug-likeness (QED) is 0.587. The Morgan fingerprint density at radius 3 is 2.78 bits per heavy atom. The predicted molar refractivity (Wildman–Crippen MR) is 121 cm³/mol. The molecule has 1 atom stereocenters. The predicted octanol–water partition coefficient (Wildman–Crippen LogP) is 3.04. The van der Waals surface area contributed by atoms with Crippen molar-refractivity contribution >= 4 is 5.91 Å². The second-order valence-electron chi connectivity index (χ2n) is 8.43. The first-order valence-corrected chi connectivity index (χ1v) is 11.1. The van der Waals surface area contributed by atoms with E-state index in [1.54, 1.807) is 23.3 Å². The molecule has 0 saturated carbocycles. The van der Waals surface area contributed by atoms with Crippen LogP contribution in [0.5, 0.6) is 5.75 Å². The zero-order valence-electron chi connectivity index (χ0n) is 18.9. The second-order valence-corrected chi connectivity index (χ2v) is 8.43. The van der Waals surface area contributed by atoms with Gasteiger partial charge in [-0.2, -0.15) is 0 Å². The van der Waals surface area contributed by atoms with Crippen LogP contribution in [-0.2, 0) is 17.9 Å². The van der Waals surface area contributed by atoms with E-state index >= 15 is 0 Å². The summed E-state index contributed by atoms with van der Waals surface area (Å²) >= 11 is 0. The second kappa shape index (κ2) is 9.91. The Labute approximate surface area is 188 Å². The maximum absolute atomic E-state index is 13.0. The van der Waals surface area contributed by atoms with E-state index in [0.717, 1.165) is 43.1 Å². The maximum atomic E-state index is 13.0. The number of benzene rings is 1. The fraction of sp³-hybridized carbons (Fsp3) is 0.417. The van der Waals surface area contributed by atoms with Crippen LogP contribution < -0.4 is 10.1 Å². The molecule has 1 aliphatic heterocycles. The molecule has 3 aromatic rings. The van der Waals surface area contributed by atoms with E-state index < -0.39 is 0 Å². The molecule has 8 nitrogen and oxygen atoms in total. The van der Waals surface area contributed by atoms with Crippen molar-refractivity contribution in [3.05, 3.63) is 66.0 Å². The number of carbonyl (C=O) groups is 1. The zero-order chi connectivity index (χ0) is 22.5. The highest BCUT2D eigenvalue weighted by atomic mass is 16.5. The number of hydrogen-bond donors (Lipinski definition) is 1. The zero-order valence-corrected chi connectivity index (χ0v) is 18.9. The van der Waals surface area contributed by atoms with Crippen LogP contribution in [0.4, 0.5) is 0 Å². The highest BCUT2D eigenvalue weighted by Crippen LogP contribution is 2.22. The third-order valence-electron chi connectivity index (χ3n) is 5.42. The SMILES string of the molecule is Cc1cc(CNC(=O)C2CCCN2Cc2ccc(OC(C)C)cc2)nc(-n2ccnc2)n1. The van der Waals surface area contributed by atoms with Gasteiger partial charge in [-0.15, -0.1) is 0 Å². The number of likely N-dealkylation sites (tertiary alicyclic amines) is 1. The van der Waals surface area contributed by atoms with E-state index in [2.05, 4.69) is 37.3 Å². The molecule has 8 heteroatoms. The van der Waals surface area contributed by atoms with E-state index in [1.807, 2.05) is 39.0 Å². The standard InChI is InChI=1S/C24H30N6O2/c1-17(2)32-21-8-6-19(7-9-21)15-29-11-4-5-22(29)23(31)26-14-20-13-18(3)27-24(28-20)30-12-10-25-16-30/h6-10,12-13,16-17,22H,4-5,11,14-15H2,1-3H3,(H,26,31). The molecule has 0 aliphatic carbocycles. The van der Waals surface area contributed by atoms with E-state index in [-0.39, 0.29) is 18.1 Å². The number of ether oxygens (including phenoxy) is 1. The average Bonchev–Trinajstić information content (AvgIpc) is 3.45. The smallest absolute Gasteiger partial charge is 0.237 e. The lowest BCUT2D eigenvalue weighted by molar-refractivity contribution is -0.125. The Hall–Kier alpha value is -3.26. The maximum Gasteiger partial charge on any atom is 0.237 e. The summed E-state index contributed by atoms with van der Waals surface area (Å²) in [5.74, 6) is 1.47. The van der Waals surface area contributed by atoms with Crippen LogP contribution in [0.2, 0.25) is 0 Å². The Kier molecular flexibility index (Phi) is 6.80. The molecule has 3 heterocycles. The molecule has 1 saturated heterocycles. The van der Waals surface area contributed by atoms with Gasteiger partial charge in [-0.3, -0.25) is 14.3 Å². The van der Waals surface area contributed by atoms with Gasteiger partial charge in [0.05, 0.1) is 24.4 Å². The van der Waals surface area contributed by atoms with Crippen LogP contribution in [0.25, 0.3) is 5.95 Å². The van der Waals surface area contributed by atoms with E-state index in [1.165, 1.54) is 5.56 Å². The minimum Gasteiger partial charge on any atom is -0.491 e. The molecule has 168 valence electrons. The van der Waals surface area contributed by atoms with Crippen LogP contribution in [0, 0.1) is 6.92 Å². The summed E-state index contributed by atoms with van der Waals surface area (Å²) in [5.41, 5.74) is 2.80. The van der Waals surface area contributed by atoms with Crippen LogP contribution in [0.1, 0.15) is 43.6 Å². The van der Waals surface area contributed by atoms with Gasteiger partial charge >= 0.3 is 0 Å². The number of aromatic nitrogens is 4. The Bertz CT molecular complexity index is 1030. The van der Waals surface area contributed by atoms with Gasteiger partial charge in [-0.1, -0.05) is 12.1 Å². The lowest BCUT2D eigenvalue weighted by atomic mass is 10.1. The van der Waals surface area contributed by atoms with Crippen molar-refractivity contribution in [3.8, 4) is 11.7 Å². The minimum atomic E-state index is -0.127.